The van der Waals surface area contributed by atoms with Crippen LogP contribution in [0, 0.1) is 25.5 Å². The van der Waals surface area contributed by atoms with Crippen molar-refractivity contribution >= 4 is 28.7 Å². The first-order chi connectivity index (χ1) is 22.2. The lowest BCUT2D eigenvalue weighted by atomic mass is 10.0. The van der Waals surface area contributed by atoms with Gasteiger partial charge < -0.3 is 24.3 Å². The van der Waals surface area contributed by atoms with E-state index in [2.05, 4.69) is 21.9 Å². The van der Waals surface area contributed by atoms with Crippen molar-refractivity contribution in [2.24, 2.45) is 0 Å². The molecule has 0 saturated heterocycles. The van der Waals surface area contributed by atoms with E-state index in [1.165, 1.54) is 66.4 Å². The highest BCUT2D eigenvalue weighted by Gasteiger charge is 2.23. The van der Waals surface area contributed by atoms with E-state index in [0.717, 1.165) is 6.07 Å². The molecular weight excluding hydrogens is 598 g/mol. The number of nitrogens with one attached hydrogen (secondary N) is 1. The topological polar surface area (TPSA) is 114 Å². The molecule has 1 amide bonds. The number of fused-ring (bicyclic) bond motifs is 1. The summed E-state index contributed by atoms with van der Waals surface area (Å²) in [4.78, 5) is 35.8. The fourth-order valence-electron chi connectivity index (χ4n) is 4.97. The number of methoxy groups -OCH3 is 2. The van der Waals surface area contributed by atoms with Crippen molar-refractivity contribution in [3.05, 3.63) is 112 Å². The van der Waals surface area contributed by atoms with E-state index < -0.39 is 23.1 Å². The van der Waals surface area contributed by atoms with Gasteiger partial charge in [-0.2, -0.15) is 0 Å². The van der Waals surface area contributed by atoms with Crippen LogP contribution in [0.15, 0.2) is 72.2 Å². The van der Waals surface area contributed by atoms with Gasteiger partial charge in [-0.25, -0.2) is 13.8 Å². The van der Waals surface area contributed by atoms with Crippen molar-refractivity contribution in [3.8, 4) is 28.8 Å². The largest absolute Gasteiger partial charge is 0.485 e. The van der Waals surface area contributed by atoms with Crippen LogP contribution in [0.4, 0.5) is 14.5 Å². The highest BCUT2D eigenvalue weighted by Crippen LogP contribution is 2.35. The molecule has 0 aliphatic heterocycles. The Morgan fingerprint density at radius 1 is 1.00 bits per heavy atom. The molecule has 2 aromatic carbocycles. The number of halogens is 2. The predicted molar refractivity (Wildman–Crippen MR) is 169 cm³/mol. The van der Waals surface area contributed by atoms with Crippen LogP contribution in [-0.4, -0.2) is 47.9 Å². The number of pyridine rings is 3. The van der Waals surface area contributed by atoms with Crippen LogP contribution in [0.1, 0.15) is 27.2 Å². The van der Waals surface area contributed by atoms with Crippen LogP contribution in [0.25, 0.3) is 22.8 Å². The maximum absolute atomic E-state index is 15.3. The van der Waals surface area contributed by atoms with Gasteiger partial charge in [-0.15, -0.1) is 0 Å². The number of ether oxygens (including phenoxy) is 4. The van der Waals surface area contributed by atoms with E-state index in [4.69, 9.17) is 18.9 Å². The van der Waals surface area contributed by atoms with Gasteiger partial charge in [0, 0.05) is 48.6 Å². The van der Waals surface area contributed by atoms with Crippen LogP contribution < -0.4 is 25.1 Å². The summed E-state index contributed by atoms with van der Waals surface area (Å²) in [6, 6.07) is 12.3. The number of carbonyl (C=O) groups is 1. The van der Waals surface area contributed by atoms with Gasteiger partial charge in [-0.3, -0.25) is 19.1 Å². The third-order valence-electron chi connectivity index (χ3n) is 7.19. The Morgan fingerprint density at radius 2 is 1.76 bits per heavy atom. The molecular formula is C34H30F2N4O6. The number of hydrogen-bond acceptors (Lipinski definition) is 8. The lowest BCUT2D eigenvalue weighted by molar-refractivity contribution is 0.102. The average Bonchev–Trinajstić information content (AvgIpc) is 3.03. The number of benzene rings is 2. The summed E-state index contributed by atoms with van der Waals surface area (Å²) in [6.45, 7) is 7.79. The van der Waals surface area contributed by atoms with Crippen molar-refractivity contribution < 1.29 is 32.5 Å². The molecule has 0 saturated carbocycles. The third-order valence-corrected chi connectivity index (χ3v) is 7.19. The van der Waals surface area contributed by atoms with E-state index >= 15 is 4.39 Å². The zero-order chi connectivity index (χ0) is 33.0. The Labute approximate surface area is 262 Å². The molecule has 12 heteroatoms. The summed E-state index contributed by atoms with van der Waals surface area (Å²) in [5.41, 5.74) is 1.89. The number of aromatic nitrogens is 3. The predicted octanol–water partition coefficient (Wildman–Crippen LogP) is 6.40. The van der Waals surface area contributed by atoms with E-state index in [0.29, 0.717) is 45.9 Å². The van der Waals surface area contributed by atoms with Crippen molar-refractivity contribution in [1.29, 1.82) is 0 Å². The first kappa shape index (κ1) is 31.8. The van der Waals surface area contributed by atoms with Crippen LogP contribution in [0.2, 0.25) is 0 Å². The molecule has 10 nitrogen and oxygen atoms in total. The molecule has 0 aliphatic rings. The Kier molecular flexibility index (Phi) is 9.38. The van der Waals surface area contributed by atoms with Crippen molar-refractivity contribution in [2.75, 3.05) is 32.8 Å². The Bertz CT molecular complexity index is 2010. The highest BCUT2D eigenvalue weighted by atomic mass is 19.1. The summed E-state index contributed by atoms with van der Waals surface area (Å²) >= 11 is 0. The molecule has 0 fully saturated rings. The molecule has 1 N–H and O–H groups in total. The number of amides is 1. The van der Waals surface area contributed by atoms with Crippen LogP contribution in [0.5, 0.6) is 23.1 Å². The third kappa shape index (κ3) is 6.28. The SMILES string of the molecule is C=Cc1c(C)c(C(=O)Nc2ccc(Oc3ccnc4cc(OCCOC)c(OC)nc34)c(F)c2)c(=O)n(-c2ccc(F)cc2)c1C. The molecule has 0 spiro atoms. The highest BCUT2D eigenvalue weighted by molar-refractivity contribution is 6.05. The van der Waals surface area contributed by atoms with E-state index in [-0.39, 0.29) is 35.2 Å². The second-order valence-corrected chi connectivity index (χ2v) is 10.0. The average molecular weight is 629 g/mol. The Balaban J connectivity index is 1.43. The lowest BCUT2D eigenvalue weighted by Gasteiger charge is -2.18. The minimum Gasteiger partial charge on any atom is -0.485 e. The molecule has 0 aliphatic carbocycles. The number of carbonyl (C=O) groups excluding carboxylic acids is 1. The van der Waals surface area contributed by atoms with Gasteiger partial charge in [-0.1, -0.05) is 12.7 Å². The molecule has 3 aromatic heterocycles. The normalized spacial score (nSPS) is 10.9. The fraction of sp³-hybridized carbons (Fsp3) is 0.176. The summed E-state index contributed by atoms with van der Waals surface area (Å²) in [6.07, 6.45) is 3.02. The fourth-order valence-corrected chi connectivity index (χ4v) is 4.97. The van der Waals surface area contributed by atoms with Gasteiger partial charge in [0.2, 0.25) is 0 Å². The van der Waals surface area contributed by atoms with Crippen molar-refractivity contribution in [3.63, 3.8) is 0 Å². The Hall–Kier alpha value is -5.62. The standard InChI is InChI=1S/C34H30F2N4O6/c1-6-24-19(2)30(34(42)40(20(24)3)23-10-7-21(35)8-11-23)32(41)38-22-9-12-27(25(36)17-22)46-28-13-14-37-26-18-29(45-16-15-43-4)33(44-5)39-31(26)28/h6-14,17-18H,1,15-16H2,2-5H3,(H,38,41). The second-order valence-electron chi connectivity index (χ2n) is 10.0. The summed E-state index contributed by atoms with van der Waals surface area (Å²) < 4.78 is 52.1. The quantitative estimate of drug-likeness (QED) is 0.167. The smallest absolute Gasteiger partial charge is 0.268 e. The van der Waals surface area contributed by atoms with Gasteiger partial charge >= 0.3 is 0 Å². The lowest BCUT2D eigenvalue weighted by Crippen LogP contribution is -2.32. The maximum Gasteiger partial charge on any atom is 0.268 e. The summed E-state index contributed by atoms with van der Waals surface area (Å²) in [5, 5.41) is 2.60. The van der Waals surface area contributed by atoms with Crippen molar-refractivity contribution in [1.82, 2.24) is 14.5 Å². The molecule has 0 bridgehead atoms. The first-order valence-electron chi connectivity index (χ1n) is 14.1. The van der Waals surface area contributed by atoms with Gasteiger partial charge in [0.25, 0.3) is 17.3 Å². The molecule has 0 atom stereocenters. The summed E-state index contributed by atoms with van der Waals surface area (Å²) in [5.74, 6) is -1.41. The van der Waals surface area contributed by atoms with Gasteiger partial charge in [-0.05, 0) is 61.4 Å². The minimum absolute atomic E-state index is 0.0833. The van der Waals surface area contributed by atoms with Gasteiger partial charge in [0.1, 0.15) is 23.5 Å². The summed E-state index contributed by atoms with van der Waals surface area (Å²) in [7, 11) is 3.00. The number of hydrogen-bond donors (Lipinski definition) is 1. The zero-order valence-corrected chi connectivity index (χ0v) is 25.5. The second kappa shape index (κ2) is 13.6. The first-order valence-corrected chi connectivity index (χ1v) is 14.1. The van der Waals surface area contributed by atoms with Crippen LogP contribution in [-0.2, 0) is 4.74 Å². The number of rotatable bonds is 11. The Morgan fingerprint density at radius 3 is 2.43 bits per heavy atom. The van der Waals surface area contributed by atoms with E-state index in [1.54, 1.807) is 27.0 Å². The van der Waals surface area contributed by atoms with Gasteiger partial charge in [0.05, 0.1) is 19.2 Å². The number of nitrogens with zero attached hydrogens (tertiary/aromatic N) is 3. The van der Waals surface area contributed by atoms with E-state index in [1.807, 2.05) is 0 Å². The molecule has 0 radical (unpaired) electrons. The molecule has 5 rings (SSSR count). The number of anilines is 1. The molecule has 236 valence electrons. The molecule has 3 heterocycles. The van der Waals surface area contributed by atoms with Gasteiger partial charge in [0.15, 0.2) is 23.1 Å². The minimum atomic E-state index is -0.787. The van der Waals surface area contributed by atoms with Crippen LogP contribution in [0.3, 0.4) is 0 Å². The monoisotopic (exact) mass is 628 g/mol. The molecule has 5 aromatic rings. The molecule has 46 heavy (non-hydrogen) atoms. The molecule has 0 unspecified atom stereocenters. The van der Waals surface area contributed by atoms with E-state index in [9.17, 15) is 14.0 Å². The van der Waals surface area contributed by atoms with Crippen molar-refractivity contribution in [2.45, 2.75) is 13.8 Å². The zero-order valence-electron chi connectivity index (χ0n) is 25.5. The maximum atomic E-state index is 15.3. The van der Waals surface area contributed by atoms with Crippen LogP contribution >= 0.6 is 0 Å².